The maximum atomic E-state index is 12.4. The largest absolute Gasteiger partial charge is 0.573 e. The predicted molar refractivity (Wildman–Crippen MR) is 150 cm³/mol. The molecule has 0 bridgehead atoms. The number of nitrogens with zero attached hydrogens (tertiary/aromatic N) is 6. The van der Waals surface area contributed by atoms with E-state index in [0.29, 0.717) is 12.3 Å². The smallest absolute Gasteiger partial charge is 0.491 e. The average molecular weight is 627 g/mol. The second kappa shape index (κ2) is 12.7. The summed E-state index contributed by atoms with van der Waals surface area (Å²) in [5.74, 6) is 0.00387. The summed E-state index contributed by atoms with van der Waals surface area (Å²) in [5, 5.41) is 22.0. The summed E-state index contributed by atoms with van der Waals surface area (Å²) < 4.78 is 49.2. The van der Waals surface area contributed by atoms with Gasteiger partial charge in [0.25, 0.3) is 0 Å². The van der Waals surface area contributed by atoms with Crippen molar-refractivity contribution < 1.29 is 32.7 Å². The highest BCUT2D eigenvalue weighted by Crippen LogP contribution is 2.32. The van der Waals surface area contributed by atoms with Gasteiger partial charge < -0.3 is 29.6 Å². The third-order valence-corrected chi connectivity index (χ3v) is 7.98. The molecule has 1 saturated heterocycles. The van der Waals surface area contributed by atoms with Crippen LogP contribution in [0.4, 0.5) is 24.1 Å². The molecule has 224 valence electrons. The van der Waals surface area contributed by atoms with Gasteiger partial charge in [-0.15, -0.1) is 13.2 Å². The molecule has 1 atom stereocenters. The summed E-state index contributed by atoms with van der Waals surface area (Å²) in [6.07, 6.45) is -4.03. The van der Waals surface area contributed by atoms with Crippen molar-refractivity contribution in [1.29, 1.82) is 0 Å². The summed E-state index contributed by atoms with van der Waals surface area (Å²) >= 11 is 7.46. The van der Waals surface area contributed by atoms with Crippen molar-refractivity contribution in [2.75, 3.05) is 37.7 Å². The number of anilines is 1. The molecule has 0 radical (unpaired) electrons. The highest BCUT2D eigenvalue weighted by atomic mass is 35.5. The first kappa shape index (κ1) is 29.8. The van der Waals surface area contributed by atoms with Gasteiger partial charge in [0.05, 0.1) is 16.3 Å². The van der Waals surface area contributed by atoms with Gasteiger partial charge in [0.15, 0.2) is 5.13 Å². The second-order valence-corrected chi connectivity index (χ2v) is 11.0. The summed E-state index contributed by atoms with van der Waals surface area (Å²) in [7, 11) is 0. The normalized spacial score (nSPS) is 15.2. The minimum absolute atomic E-state index is 0.0178. The fraction of sp³-hybridized carbons (Fsp3) is 0.385. The number of aromatic nitrogens is 3. The maximum absolute atomic E-state index is 12.4. The molecule has 2 aromatic heterocycles. The third kappa shape index (κ3) is 7.79. The molecule has 1 aliphatic heterocycles. The van der Waals surface area contributed by atoms with Crippen LogP contribution < -0.4 is 14.4 Å². The number of halogens is 4. The highest BCUT2D eigenvalue weighted by Gasteiger charge is 2.31. The lowest BCUT2D eigenvalue weighted by Crippen LogP contribution is -2.45. The van der Waals surface area contributed by atoms with Crippen molar-refractivity contribution in [3.05, 3.63) is 69.6 Å². The quantitative estimate of drug-likeness (QED) is 0.179. The zero-order valence-corrected chi connectivity index (χ0v) is 23.6. The van der Waals surface area contributed by atoms with Crippen molar-refractivity contribution in [3.63, 3.8) is 0 Å². The van der Waals surface area contributed by atoms with E-state index < -0.39 is 17.4 Å². The van der Waals surface area contributed by atoms with E-state index in [1.165, 1.54) is 22.9 Å². The summed E-state index contributed by atoms with van der Waals surface area (Å²) in [5.41, 5.74) is 1.74. The van der Waals surface area contributed by atoms with E-state index in [0.717, 1.165) is 47.1 Å². The standard InChI is InChI=1S/C26H26ClF3N6O5S/c27-24-32-23(36(38)39)15-35(24)8-7-18(37)16-40-20-5-6-21-22(13-20)42-25(31-21)34-11-9-33(10-12-34)14-17-1-3-19(4-2-17)41-26(28,29)30/h1-6,13,15,18,37H,7-12,14,16H2. The molecule has 1 unspecified atom stereocenters. The lowest BCUT2D eigenvalue weighted by Gasteiger charge is -2.34. The molecule has 1 N–H and O–H groups in total. The molecule has 2 aromatic carbocycles. The Balaban J connectivity index is 1.09. The Bertz CT molecular complexity index is 1530. The number of aryl methyl sites for hydroxylation is 1. The number of hydrogen-bond donors (Lipinski definition) is 1. The molecule has 1 fully saturated rings. The lowest BCUT2D eigenvalue weighted by atomic mass is 10.2. The number of benzene rings is 2. The predicted octanol–water partition coefficient (Wildman–Crippen LogP) is 5.11. The minimum Gasteiger partial charge on any atom is -0.491 e. The number of aliphatic hydroxyl groups excluding tert-OH is 1. The van der Waals surface area contributed by atoms with Crippen LogP contribution >= 0.6 is 22.9 Å². The number of piperazine rings is 1. The van der Waals surface area contributed by atoms with Crippen LogP contribution in [0.15, 0.2) is 48.7 Å². The molecule has 42 heavy (non-hydrogen) atoms. The van der Waals surface area contributed by atoms with Crippen LogP contribution in [0.3, 0.4) is 0 Å². The molecular formula is C26H26ClF3N6O5S. The van der Waals surface area contributed by atoms with Gasteiger partial charge in [-0.1, -0.05) is 23.5 Å². The Hall–Kier alpha value is -3.66. The van der Waals surface area contributed by atoms with E-state index in [1.54, 1.807) is 29.5 Å². The number of thiazole rings is 1. The third-order valence-electron chi connectivity index (χ3n) is 6.60. The van der Waals surface area contributed by atoms with Gasteiger partial charge in [0.1, 0.15) is 24.3 Å². The van der Waals surface area contributed by atoms with Crippen LogP contribution in [0, 0.1) is 10.1 Å². The van der Waals surface area contributed by atoms with Gasteiger partial charge in [0.2, 0.25) is 0 Å². The fourth-order valence-corrected chi connectivity index (χ4v) is 5.72. The maximum Gasteiger partial charge on any atom is 0.573 e. The first-order valence-electron chi connectivity index (χ1n) is 12.9. The van der Waals surface area contributed by atoms with Crippen LogP contribution in [0.2, 0.25) is 5.28 Å². The van der Waals surface area contributed by atoms with Gasteiger partial charge in [-0.25, -0.2) is 4.98 Å². The van der Waals surface area contributed by atoms with Gasteiger partial charge in [0, 0.05) is 39.3 Å². The van der Waals surface area contributed by atoms with E-state index in [4.69, 9.17) is 21.3 Å². The van der Waals surface area contributed by atoms with Crippen LogP contribution in [0.1, 0.15) is 12.0 Å². The number of imidazole rings is 1. The SMILES string of the molecule is O=[N+]([O-])c1cn(CCC(O)COc2ccc3nc(N4CCN(Cc5ccc(OC(F)(F)F)cc5)CC4)sc3c2)c(Cl)n1. The van der Waals surface area contributed by atoms with Crippen LogP contribution in [-0.4, -0.2) is 74.7 Å². The van der Waals surface area contributed by atoms with E-state index in [-0.39, 0.29) is 36.4 Å². The summed E-state index contributed by atoms with van der Waals surface area (Å²) in [4.78, 5) is 23.0. The summed E-state index contributed by atoms with van der Waals surface area (Å²) in [6.45, 7) is 3.98. The molecule has 0 saturated carbocycles. The minimum atomic E-state index is -4.71. The fourth-order valence-electron chi connectivity index (χ4n) is 4.46. The molecule has 4 aromatic rings. The van der Waals surface area contributed by atoms with Crippen molar-refractivity contribution in [3.8, 4) is 11.5 Å². The van der Waals surface area contributed by atoms with Crippen molar-refractivity contribution in [2.24, 2.45) is 0 Å². The Kier molecular flexibility index (Phi) is 9.01. The molecule has 5 rings (SSSR count). The Morgan fingerprint density at radius 2 is 1.81 bits per heavy atom. The van der Waals surface area contributed by atoms with E-state index >= 15 is 0 Å². The monoisotopic (exact) mass is 626 g/mol. The number of ether oxygens (including phenoxy) is 2. The molecule has 3 heterocycles. The van der Waals surface area contributed by atoms with Gasteiger partial charge >= 0.3 is 17.5 Å². The van der Waals surface area contributed by atoms with Gasteiger partial charge in [-0.05, 0) is 63.8 Å². The molecule has 1 aliphatic rings. The molecule has 16 heteroatoms. The second-order valence-electron chi connectivity index (χ2n) is 9.65. The lowest BCUT2D eigenvalue weighted by molar-refractivity contribution is -0.389. The average Bonchev–Trinajstić information content (AvgIpc) is 3.54. The molecule has 0 aliphatic carbocycles. The molecule has 11 nitrogen and oxygen atoms in total. The molecular weight excluding hydrogens is 601 g/mol. The Morgan fingerprint density at radius 3 is 2.48 bits per heavy atom. The zero-order chi connectivity index (χ0) is 29.9. The number of fused-ring (bicyclic) bond motifs is 1. The number of hydrogen-bond acceptors (Lipinski definition) is 10. The van der Waals surface area contributed by atoms with E-state index in [2.05, 4.69) is 19.5 Å². The van der Waals surface area contributed by atoms with Crippen molar-refractivity contribution in [2.45, 2.75) is 32.0 Å². The van der Waals surface area contributed by atoms with E-state index in [9.17, 15) is 28.4 Å². The Labute approximate surface area is 246 Å². The van der Waals surface area contributed by atoms with Crippen molar-refractivity contribution in [1.82, 2.24) is 19.4 Å². The topological polar surface area (TPSA) is 119 Å². The number of alkyl halides is 3. The van der Waals surface area contributed by atoms with Gasteiger partial charge in [-0.2, -0.15) is 0 Å². The van der Waals surface area contributed by atoms with Crippen LogP contribution in [0.25, 0.3) is 10.2 Å². The molecule has 0 spiro atoms. The van der Waals surface area contributed by atoms with Crippen LogP contribution in [0.5, 0.6) is 11.5 Å². The first-order valence-corrected chi connectivity index (χ1v) is 14.1. The van der Waals surface area contributed by atoms with Crippen LogP contribution in [-0.2, 0) is 13.1 Å². The number of nitro groups is 1. The number of aliphatic hydroxyl groups is 1. The zero-order valence-electron chi connectivity index (χ0n) is 22.0. The number of rotatable bonds is 11. The summed E-state index contributed by atoms with van der Waals surface area (Å²) in [6, 6.07) is 11.5. The van der Waals surface area contributed by atoms with Gasteiger partial charge in [-0.3, -0.25) is 9.47 Å². The van der Waals surface area contributed by atoms with Crippen molar-refractivity contribution >= 4 is 44.1 Å². The van der Waals surface area contributed by atoms with E-state index in [1.807, 2.05) is 12.1 Å². The molecule has 0 amide bonds. The Morgan fingerprint density at radius 1 is 1.10 bits per heavy atom. The first-order chi connectivity index (χ1) is 20.0. The highest BCUT2D eigenvalue weighted by molar-refractivity contribution is 7.22.